The van der Waals surface area contributed by atoms with Gasteiger partial charge >= 0.3 is 6.18 Å². The van der Waals surface area contributed by atoms with E-state index in [4.69, 9.17) is 10.5 Å². The van der Waals surface area contributed by atoms with Crippen LogP contribution in [0.15, 0.2) is 28.7 Å². The van der Waals surface area contributed by atoms with E-state index in [0.29, 0.717) is 4.47 Å². The molecule has 84 valence electrons. The Morgan fingerprint density at radius 3 is 2.40 bits per heavy atom. The Kier molecular flexibility index (Phi) is 3.98. The van der Waals surface area contributed by atoms with Crippen LogP contribution in [0.1, 0.15) is 0 Å². The van der Waals surface area contributed by atoms with Gasteiger partial charge < -0.3 is 10.5 Å². The van der Waals surface area contributed by atoms with Crippen LogP contribution in [0.3, 0.4) is 0 Å². The molecule has 0 bridgehead atoms. The van der Waals surface area contributed by atoms with Gasteiger partial charge in [-0.25, -0.2) is 0 Å². The maximum absolute atomic E-state index is 12.3. The zero-order valence-electron chi connectivity index (χ0n) is 7.59. The van der Waals surface area contributed by atoms with Gasteiger partial charge in [-0.3, -0.25) is 0 Å². The third-order valence-electron chi connectivity index (χ3n) is 1.69. The first kappa shape index (κ1) is 12.3. The van der Waals surface area contributed by atoms with Crippen molar-refractivity contribution in [1.29, 1.82) is 0 Å². The van der Waals surface area contributed by atoms with E-state index in [0.717, 1.165) is 0 Å². The van der Waals surface area contributed by atoms with Crippen molar-refractivity contribution in [2.45, 2.75) is 12.3 Å². The van der Waals surface area contributed by atoms with Gasteiger partial charge in [0.05, 0.1) is 4.47 Å². The lowest BCUT2D eigenvalue weighted by atomic mass is 10.3. The van der Waals surface area contributed by atoms with E-state index in [2.05, 4.69) is 15.9 Å². The van der Waals surface area contributed by atoms with Crippen molar-refractivity contribution < 1.29 is 17.9 Å². The summed E-state index contributed by atoms with van der Waals surface area (Å²) in [5, 5.41) is 0. The summed E-state index contributed by atoms with van der Waals surface area (Å²) in [7, 11) is 0. The van der Waals surface area contributed by atoms with Gasteiger partial charge in [-0.05, 0) is 28.1 Å². The lowest BCUT2D eigenvalue weighted by molar-refractivity contribution is -0.191. The fourth-order valence-corrected chi connectivity index (χ4v) is 1.32. The molecular formula is C9H9BrF3NO. The molecule has 1 rings (SSSR count). The van der Waals surface area contributed by atoms with Crippen LogP contribution in [0.4, 0.5) is 13.2 Å². The monoisotopic (exact) mass is 283 g/mol. The van der Waals surface area contributed by atoms with Crippen molar-refractivity contribution in [2.24, 2.45) is 5.73 Å². The molecule has 0 aliphatic rings. The van der Waals surface area contributed by atoms with Crippen LogP contribution in [0.25, 0.3) is 0 Å². The molecule has 0 fully saturated rings. The maximum atomic E-state index is 12.3. The normalized spacial score (nSPS) is 13.7. The number of nitrogens with two attached hydrogens (primary N) is 1. The average molecular weight is 284 g/mol. The maximum Gasteiger partial charge on any atom is 0.426 e. The molecule has 1 atom stereocenters. The highest BCUT2D eigenvalue weighted by atomic mass is 79.9. The standard InChI is InChI=1S/C9H9BrF3NO/c10-6-3-1-2-4-7(6)15-8(5-14)9(11,12)13/h1-4,8H,5,14H2. The topological polar surface area (TPSA) is 35.2 Å². The molecule has 0 amide bonds. The van der Waals surface area contributed by atoms with Crippen LogP contribution < -0.4 is 10.5 Å². The number of hydrogen-bond donors (Lipinski definition) is 1. The van der Waals surface area contributed by atoms with Gasteiger partial charge in [-0.1, -0.05) is 12.1 Å². The van der Waals surface area contributed by atoms with Crippen LogP contribution in [-0.2, 0) is 0 Å². The number of alkyl halides is 3. The van der Waals surface area contributed by atoms with E-state index < -0.39 is 18.8 Å². The number of para-hydroxylation sites is 1. The van der Waals surface area contributed by atoms with Crippen molar-refractivity contribution in [1.82, 2.24) is 0 Å². The predicted molar refractivity (Wildman–Crippen MR) is 53.7 cm³/mol. The van der Waals surface area contributed by atoms with E-state index in [9.17, 15) is 13.2 Å². The number of halogens is 4. The first-order valence-corrected chi connectivity index (χ1v) is 4.92. The Labute approximate surface area is 93.3 Å². The minimum Gasteiger partial charge on any atom is -0.478 e. The average Bonchev–Trinajstić information content (AvgIpc) is 2.14. The number of ether oxygens (including phenoxy) is 1. The fourth-order valence-electron chi connectivity index (χ4n) is 0.942. The molecular weight excluding hydrogens is 275 g/mol. The second-order valence-corrected chi connectivity index (χ2v) is 3.67. The molecule has 6 heteroatoms. The van der Waals surface area contributed by atoms with Gasteiger partial charge in [0.15, 0.2) is 0 Å². The third-order valence-corrected chi connectivity index (χ3v) is 2.34. The Morgan fingerprint density at radius 1 is 1.33 bits per heavy atom. The van der Waals surface area contributed by atoms with Crippen LogP contribution in [0, 0.1) is 0 Å². The lowest BCUT2D eigenvalue weighted by Crippen LogP contribution is -2.40. The minimum absolute atomic E-state index is 0.130. The summed E-state index contributed by atoms with van der Waals surface area (Å²) in [4.78, 5) is 0. The first-order chi connectivity index (χ1) is 6.95. The largest absolute Gasteiger partial charge is 0.478 e. The van der Waals surface area contributed by atoms with Crippen molar-refractivity contribution >= 4 is 15.9 Å². The zero-order chi connectivity index (χ0) is 11.5. The second kappa shape index (κ2) is 4.85. The number of hydrogen-bond acceptors (Lipinski definition) is 2. The molecule has 15 heavy (non-hydrogen) atoms. The molecule has 0 aliphatic carbocycles. The molecule has 0 saturated heterocycles. The molecule has 1 aromatic rings. The van der Waals surface area contributed by atoms with E-state index in [-0.39, 0.29) is 5.75 Å². The van der Waals surface area contributed by atoms with Crippen LogP contribution in [0.5, 0.6) is 5.75 Å². The highest BCUT2D eigenvalue weighted by molar-refractivity contribution is 9.10. The van der Waals surface area contributed by atoms with Gasteiger partial charge in [0.1, 0.15) is 5.75 Å². The summed E-state index contributed by atoms with van der Waals surface area (Å²) >= 11 is 3.09. The molecule has 2 nitrogen and oxygen atoms in total. The van der Waals surface area contributed by atoms with Crippen LogP contribution in [-0.4, -0.2) is 18.8 Å². The SMILES string of the molecule is NCC(Oc1ccccc1Br)C(F)(F)F. The van der Waals surface area contributed by atoms with E-state index in [1.807, 2.05) is 0 Å². The van der Waals surface area contributed by atoms with Gasteiger partial charge in [0, 0.05) is 6.54 Å². The molecule has 0 spiro atoms. The smallest absolute Gasteiger partial charge is 0.426 e. The molecule has 0 aromatic heterocycles. The molecule has 1 unspecified atom stereocenters. The van der Waals surface area contributed by atoms with E-state index >= 15 is 0 Å². The summed E-state index contributed by atoms with van der Waals surface area (Å²) in [6.07, 6.45) is -6.43. The van der Waals surface area contributed by atoms with Crippen molar-refractivity contribution in [3.05, 3.63) is 28.7 Å². The Balaban J connectivity index is 2.80. The summed E-state index contributed by atoms with van der Waals surface area (Å²) in [6.45, 7) is -0.606. The minimum atomic E-state index is -4.45. The summed E-state index contributed by atoms with van der Waals surface area (Å²) in [5.41, 5.74) is 5.00. The van der Waals surface area contributed by atoms with Gasteiger partial charge in [0.25, 0.3) is 0 Å². The zero-order valence-corrected chi connectivity index (χ0v) is 9.18. The molecule has 0 aliphatic heterocycles. The summed E-state index contributed by atoms with van der Waals surface area (Å²) in [5.74, 6) is 0.130. The molecule has 1 aromatic carbocycles. The highest BCUT2D eigenvalue weighted by Crippen LogP contribution is 2.29. The van der Waals surface area contributed by atoms with Crippen molar-refractivity contribution in [3.63, 3.8) is 0 Å². The lowest BCUT2D eigenvalue weighted by Gasteiger charge is -2.20. The molecule has 0 saturated carbocycles. The summed E-state index contributed by atoms with van der Waals surface area (Å²) in [6, 6.07) is 6.31. The Hall–Kier alpha value is -0.750. The van der Waals surface area contributed by atoms with Crippen molar-refractivity contribution in [3.8, 4) is 5.75 Å². The molecule has 2 N–H and O–H groups in total. The predicted octanol–water partition coefficient (Wildman–Crippen LogP) is 2.72. The summed E-state index contributed by atoms with van der Waals surface area (Å²) < 4.78 is 42.2. The van der Waals surface area contributed by atoms with Crippen LogP contribution >= 0.6 is 15.9 Å². The fraction of sp³-hybridized carbons (Fsp3) is 0.333. The van der Waals surface area contributed by atoms with E-state index in [1.165, 1.54) is 6.07 Å². The van der Waals surface area contributed by atoms with Gasteiger partial charge in [0.2, 0.25) is 6.10 Å². The van der Waals surface area contributed by atoms with Crippen molar-refractivity contribution in [2.75, 3.05) is 6.54 Å². The Bertz CT molecular complexity index is 329. The van der Waals surface area contributed by atoms with Gasteiger partial charge in [-0.15, -0.1) is 0 Å². The molecule has 0 radical (unpaired) electrons. The van der Waals surface area contributed by atoms with Crippen LogP contribution in [0.2, 0.25) is 0 Å². The molecule has 0 heterocycles. The van der Waals surface area contributed by atoms with E-state index in [1.54, 1.807) is 18.2 Å². The number of rotatable bonds is 3. The number of benzene rings is 1. The van der Waals surface area contributed by atoms with Gasteiger partial charge in [-0.2, -0.15) is 13.2 Å². The second-order valence-electron chi connectivity index (χ2n) is 2.81. The Morgan fingerprint density at radius 2 is 1.93 bits per heavy atom. The third kappa shape index (κ3) is 3.39. The quantitative estimate of drug-likeness (QED) is 0.926. The highest BCUT2D eigenvalue weighted by Gasteiger charge is 2.40. The first-order valence-electron chi connectivity index (χ1n) is 4.13.